The van der Waals surface area contributed by atoms with Crippen LogP contribution in [0.1, 0.15) is 73.8 Å². The Labute approximate surface area is 399 Å². The van der Waals surface area contributed by atoms with Gasteiger partial charge < -0.3 is 4.74 Å². The number of hydrogen-bond donors (Lipinski definition) is 0. The molecule has 0 saturated carbocycles. The van der Waals surface area contributed by atoms with Crippen molar-refractivity contribution in [2.24, 2.45) is 0 Å². The molecule has 2 nitrogen and oxygen atoms in total. The number of ether oxygens (including phenoxy) is 1. The SMILES string of the molecule is CCCOC(=O)c1ccc(C[S+](C)C)cc1.FC(F)(F)c1cc([B-](c2cc(C(F)(F)F)cc(C(F)(F)F)c2)(c2cc(C(F)(F)F)cc(C(F)(F)F)c2)c2cc(C(F)(F)F)cc(C(F)(F)F)c2)cc(C(F)(F)F)c1. The molecule has 0 radical (unpaired) electrons. The molecule has 0 N–H and O–H groups in total. The number of rotatable bonds is 9. The monoisotopic (exact) mass is 1100 g/mol. The van der Waals surface area contributed by atoms with E-state index in [4.69, 9.17) is 4.74 Å². The van der Waals surface area contributed by atoms with E-state index in [0.29, 0.717) is 23.1 Å². The molecule has 0 amide bonds. The summed E-state index contributed by atoms with van der Waals surface area (Å²) in [6.07, 6.45) is -49.5. The Kier molecular flexibility index (Phi) is 17.1. The Balaban J connectivity index is 0.000000613. The van der Waals surface area contributed by atoms with Crippen LogP contribution in [-0.4, -0.2) is 31.2 Å². The van der Waals surface area contributed by atoms with E-state index in [-0.39, 0.29) is 5.97 Å². The molecule has 400 valence electrons. The highest BCUT2D eigenvalue weighted by Gasteiger charge is 2.47. The zero-order valence-corrected chi connectivity index (χ0v) is 37.5. The summed E-state index contributed by atoms with van der Waals surface area (Å²) in [5, 5.41) is 0. The van der Waals surface area contributed by atoms with E-state index in [1.54, 1.807) is 0 Å². The first-order chi connectivity index (χ1) is 32.9. The number of esters is 1. The lowest BCUT2D eigenvalue weighted by molar-refractivity contribution is -0.144. The van der Waals surface area contributed by atoms with E-state index in [1.165, 1.54) is 5.56 Å². The third-order valence-corrected chi connectivity index (χ3v) is 11.4. The first-order valence-corrected chi connectivity index (χ1v) is 22.3. The van der Waals surface area contributed by atoms with Crippen LogP contribution in [0.25, 0.3) is 0 Å². The minimum Gasteiger partial charge on any atom is -0.462 e. The number of halogens is 24. The van der Waals surface area contributed by atoms with Crippen LogP contribution >= 0.6 is 0 Å². The van der Waals surface area contributed by atoms with Gasteiger partial charge in [-0.2, -0.15) is 127 Å². The highest BCUT2D eigenvalue weighted by atomic mass is 32.2. The minimum absolute atomic E-state index is 0.222. The van der Waals surface area contributed by atoms with E-state index >= 15 is 0 Å². The number of hydrogen-bond acceptors (Lipinski definition) is 2. The summed E-state index contributed by atoms with van der Waals surface area (Å²) in [4.78, 5) is 11.5. The number of alkyl halides is 24. The summed E-state index contributed by atoms with van der Waals surface area (Å²) in [6, 6.07) is -1.10. The van der Waals surface area contributed by atoms with Crippen molar-refractivity contribution < 1.29 is 115 Å². The average Bonchev–Trinajstić information content (AvgIpc) is 3.23. The van der Waals surface area contributed by atoms with Gasteiger partial charge in [-0.1, -0.05) is 67.6 Å². The standard InChI is InChI=1S/C32H12BF24.C13H19O2S/c34-25(35,36)13-1-14(26(37,38)39)6-21(5-13)33(22-7-15(27(40,41)42)2-16(8-22)28(43,44)45,23-9-17(29(46,47)48)3-18(10-23)30(49,50)51)24-11-19(31(52,53)54)4-20(12-24)32(55,56)57;1-4-9-15-13(14)12-7-5-11(6-8-12)10-16(2)3/h1-12H;5-8H,4,9-10H2,1-3H3/q-1;+1. The van der Waals surface area contributed by atoms with Gasteiger partial charge >= 0.3 is 55.4 Å². The smallest absolute Gasteiger partial charge is 0.416 e. The van der Waals surface area contributed by atoms with Crippen LogP contribution in [0.15, 0.2) is 97.1 Å². The molecule has 0 spiro atoms. The van der Waals surface area contributed by atoms with Crippen LogP contribution in [0.5, 0.6) is 0 Å². The molecule has 73 heavy (non-hydrogen) atoms. The van der Waals surface area contributed by atoms with E-state index < -0.39 is 195 Å². The molecule has 5 aromatic carbocycles. The van der Waals surface area contributed by atoms with Crippen LogP contribution in [0.2, 0.25) is 0 Å². The Morgan fingerprint density at radius 3 is 0.795 bits per heavy atom. The second kappa shape index (κ2) is 20.9. The average molecular weight is 1100 g/mol. The Hall–Kier alpha value is -5.70. The summed E-state index contributed by atoms with van der Waals surface area (Å²) in [5.41, 5.74) is -28.3. The Morgan fingerprint density at radius 1 is 0.397 bits per heavy atom. The lowest BCUT2D eigenvalue weighted by atomic mass is 9.12. The number of carbonyl (C=O) groups excluding carboxylic acids is 1. The van der Waals surface area contributed by atoms with Crippen LogP contribution in [0.3, 0.4) is 0 Å². The van der Waals surface area contributed by atoms with Crippen LogP contribution < -0.4 is 21.9 Å². The molecule has 0 unspecified atom stereocenters. The second-order valence-electron chi connectivity index (χ2n) is 16.2. The van der Waals surface area contributed by atoms with Crippen molar-refractivity contribution >= 4 is 44.9 Å². The molecule has 0 bridgehead atoms. The Bertz CT molecular complexity index is 2300. The maximum absolute atomic E-state index is 14.2. The summed E-state index contributed by atoms with van der Waals surface area (Å²) in [6.45, 7) is 2.48. The fraction of sp³-hybridized carbons (Fsp3) is 0.311. The van der Waals surface area contributed by atoms with Crippen molar-refractivity contribution in [2.75, 3.05) is 19.1 Å². The van der Waals surface area contributed by atoms with E-state index in [9.17, 15) is 110 Å². The van der Waals surface area contributed by atoms with Crippen molar-refractivity contribution in [2.45, 2.75) is 68.5 Å². The van der Waals surface area contributed by atoms with Gasteiger partial charge in [0.15, 0.2) is 0 Å². The highest BCUT2D eigenvalue weighted by Crippen LogP contribution is 2.41. The van der Waals surface area contributed by atoms with Crippen molar-refractivity contribution in [3.8, 4) is 0 Å². The van der Waals surface area contributed by atoms with Crippen molar-refractivity contribution in [1.29, 1.82) is 0 Å². The van der Waals surface area contributed by atoms with Gasteiger partial charge in [0.1, 0.15) is 11.9 Å². The molecule has 0 fully saturated rings. The van der Waals surface area contributed by atoms with E-state index in [0.717, 1.165) is 12.2 Å². The zero-order valence-electron chi connectivity index (χ0n) is 36.7. The molecule has 5 aromatic rings. The third kappa shape index (κ3) is 14.8. The molecule has 0 aliphatic heterocycles. The van der Waals surface area contributed by atoms with Crippen molar-refractivity contribution in [3.63, 3.8) is 0 Å². The van der Waals surface area contributed by atoms with Crippen LogP contribution in [0.4, 0.5) is 105 Å². The summed E-state index contributed by atoms with van der Waals surface area (Å²) >= 11 is 0. The molecule has 0 heterocycles. The van der Waals surface area contributed by atoms with Gasteiger partial charge in [-0.05, 0) is 53.7 Å². The lowest BCUT2D eigenvalue weighted by Crippen LogP contribution is -2.75. The first kappa shape index (κ1) is 59.9. The van der Waals surface area contributed by atoms with Gasteiger partial charge in [-0.25, -0.2) is 4.79 Å². The summed E-state index contributed by atoms with van der Waals surface area (Å²) in [7, 11) is 0.395. The molecule has 0 saturated heterocycles. The molecule has 5 rings (SSSR count). The van der Waals surface area contributed by atoms with Gasteiger partial charge in [-0.15, -0.1) is 0 Å². The summed E-state index contributed by atoms with van der Waals surface area (Å²) in [5.74, 6) is 0.852. The molecular weight excluding hydrogens is 1070 g/mol. The van der Waals surface area contributed by atoms with E-state index in [2.05, 4.69) is 12.5 Å². The number of benzene rings is 5. The predicted octanol–water partition coefficient (Wildman–Crippen LogP) is 13.8. The van der Waals surface area contributed by atoms with Gasteiger partial charge in [0.2, 0.25) is 0 Å². The number of carbonyl (C=O) groups is 1. The maximum Gasteiger partial charge on any atom is 0.416 e. The molecule has 0 aliphatic carbocycles. The third-order valence-electron chi connectivity index (χ3n) is 10.5. The fourth-order valence-corrected chi connectivity index (χ4v) is 8.28. The maximum atomic E-state index is 14.2. The first-order valence-electron chi connectivity index (χ1n) is 20.1. The molecule has 0 atom stereocenters. The molecule has 0 aromatic heterocycles. The largest absolute Gasteiger partial charge is 0.462 e. The topological polar surface area (TPSA) is 26.3 Å². The molecule has 0 aliphatic rings. The second-order valence-corrected chi connectivity index (χ2v) is 18.4. The minimum atomic E-state index is -6.13. The molecular formula is C45H31BF24O2S. The molecule has 28 heteroatoms. The normalized spacial score (nSPS) is 13.5. The van der Waals surface area contributed by atoms with Crippen molar-refractivity contribution in [3.05, 3.63) is 153 Å². The van der Waals surface area contributed by atoms with Crippen LogP contribution in [-0.2, 0) is 70.8 Å². The fourth-order valence-electron chi connectivity index (χ4n) is 7.42. The zero-order chi connectivity index (χ0) is 55.9. The van der Waals surface area contributed by atoms with Gasteiger partial charge in [0.05, 0.1) is 69.2 Å². The van der Waals surface area contributed by atoms with Gasteiger partial charge in [0.25, 0.3) is 0 Å². The lowest BCUT2D eigenvalue weighted by Gasteiger charge is -2.46. The quantitative estimate of drug-likeness (QED) is 0.0636. The van der Waals surface area contributed by atoms with Gasteiger partial charge in [-0.3, -0.25) is 0 Å². The van der Waals surface area contributed by atoms with Gasteiger partial charge in [0, 0.05) is 5.56 Å². The predicted molar refractivity (Wildman–Crippen MR) is 220 cm³/mol. The van der Waals surface area contributed by atoms with Crippen molar-refractivity contribution in [1.82, 2.24) is 0 Å². The highest BCUT2D eigenvalue weighted by molar-refractivity contribution is 7.94. The summed E-state index contributed by atoms with van der Waals surface area (Å²) < 4.78 is 346. The Morgan fingerprint density at radius 2 is 0.616 bits per heavy atom. The van der Waals surface area contributed by atoms with Crippen LogP contribution in [0, 0.1) is 0 Å². The van der Waals surface area contributed by atoms with E-state index in [1.807, 2.05) is 31.2 Å².